The number of fused-ring (bicyclic) bond motifs is 3. The Bertz CT molecular complexity index is 3710. The topological polar surface area (TPSA) is 526 Å². The number of benzene rings is 8. The second kappa shape index (κ2) is 14.6. The molecule has 0 amide bonds. The van der Waals surface area contributed by atoms with Crippen LogP contribution in [0.2, 0.25) is 5.02 Å². The van der Waals surface area contributed by atoms with Crippen molar-refractivity contribution in [2.45, 2.75) is 6.92 Å². The summed E-state index contributed by atoms with van der Waals surface area (Å²) in [7, 11) is 0. The molecule has 0 aliphatic carbocycles. The van der Waals surface area contributed by atoms with Gasteiger partial charge in [-0.3, -0.25) is 0 Å². The van der Waals surface area contributed by atoms with E-state index < -0.39 is 237 Å². The van der Waals surface area contributed by atoms with Crippen LogP contribution in [0.3, 0.4) is 0 Å². The van der Waals surface area contributed by atoms with Crippen molar-refractivity contribution in [2.75, 3.05) is 0 Å². The Morgan fingerprint density at radius 1 is 0.171 bits per heavy atom. The number of halogens is 1. The van der Waals surface area contributed by atoms with Crippen molar-refractivity contribution in [1.82, 2.24) is 0 Å². The standard InChI is InChI=1S/C43H29ClO26/c1-2-17(44)20(47)16(26(53)18(2)45)15-19(46)5-3(12-32(59)41(68)43(70)42(69)33(12)60)7-8(23(50)38(65)37(64)22(7)49)4(6(5)21(48)31(15)58)11-27(54)29(56)13(30(57)28(11)55)9-10-14(34(61)36(63)24(9)51)35(62)40(67)39(66)25(10)52/h45-70H,1H3. The van der Waals surface area contributed by atoms with Crippen LogP contribution in [-0.2, 0) is 0 Å². The molecule has 70 heavy (non-hydrogen) atoms. The molecule has 8 rings (SSSR count). The quantitative estimate of drug-likeness (QED) is 0.0617. The highest BCUT2D eigenvalue weighted by atomic mass is 35.5. The van der Waals surface area contributed by atoms with Crippen LogP contribution in [0.1, 0.15) is 5.56 Å². The van der Waals surface area contributed by atoms with Crippen LogP contribution in [0, 0.1) is 6.92 Å². The zero-order chi connectivity index (χ0) is 52.2. The monoisotopic (exact) mass is 996 g/mol. The van der Waals surface area contributed by atoms with E-state index >= 15 is 0 Å². The van der Waals surface area contributed by atoms with Crippen LogP contribution in [0.25, 0.3) is 76.8 Å². The van der Waals surface area contributed by atoms with E-state index in [0.717, 1.165) is 6.92 Å². The first-order chi connectivity index (χ1) is 32.5. The highest BCUT2D eigenvalue weighted by molar-refractivity contribution is 6.35. The predicted octanol–water partition coefficient (Wildman–Crippen LogP) is 5.12. The zero-order valence-electron chi connectivity index (χ0n) is 34.0. The van der Waals surface area contributed by atoms with E-state index in [1.165, 1.54) is 0 Å². The average molecular weight is 997 g/mol. The second-order valence-electron chi connectivity index (χ2n) is 15.3. The third-order valence-corrected chi connectivity index (χ3v) is 12.2. The Hall–Kier alpha value is -10.4. The maximum absolute atomic E-state index is 12.4. The fourth-order valence-corrected chi connectivity index (χ4v) is 8.57. The molecule has 0 aliphatic rings. The molecule has 0 aliphatic heterocycles. The first kappa shape index (κ1) is 46.2. The highest BCUT2D eigenvalue weighted by Crippen LogP contribution is 2.70. The van der Waals surface area contributed by atoms with E-state index in [-0.39, 0.29) is 0 Å². The molecule has 0 unspecified atom stereocenters. The van der Waals surface area contributed by atoms with Crippen LogP contribution in [0.15, 0.2) is 0 Å². The number of phenolic OH excluding ortho intramolecular Hbond substituents is 26. The van der Waals surface area contributed by atoms with Crippen molar-refractivity contribution in [3.05, 3.63) is 10.6 Å². The smallest absolute Gasteiger partial charge is 0.208 e. The molecule has 0 atom stereocenters. The molecule has 0 heterocycles. The zero-order valence-corrected chi connectivity index (χ0v) is 34.8. The van der Waals surface area contributed by atoms with Gasteiger partial charge in [0.15, 0.2) is 92.0 Å². The summed E-state index contributed by atoms with van der Waals surface area (Å²) < 4.78 is 0. The maximum atomic E-state index is 12.4. The molecule has 364 valence electrons. The van der Waals surface area contributed by atoms with Crippen molar-refractivity contribution in [1.29, 1.82) is 0 Å². The van der Waals surface area contributed by atoms with E-state index in [1.807, 2.05) is 0 Å². The minimum absolute atomic E-state index is 0.446. The van der Waals surface area contributed by atoms with E-state index in [1.54, 1.807) is 0 Å². The van der Waals surface area contributed by atoms with E-state index in [9.17, 15) is 133 Å². The van der Waals surface area contributed by atoms with Gasteiger partial charge < -0.3 is 133 Å². The molecule has 0 saturated carbocycles. The van der Waals surface area contributed by atoms with Crippen LogP contribution in [-0.4, -0.2) is 133 Å². The van der Waals surface area contributed by atoms with Crippen LogP contribution in [0.4, 0.5) is 0 Å². The van der Waals surface area contributed by atoms with Gasteiger partial charge >= 0.3 is 0 Å². The number of aromatic hydroxyl groups is 26. The fourth-order valence-electron chi connectivity index (χ4n) is 8.38. The predicted molar refractivity (Wildman–Crippen MR) is 234 cm³/mol. The van der Waals surface area contributed by atoms with E-state index in [2.05, 4.69) is 0 Å². The van der Waals surface area contributed by atoms with Gasteiger partial charge in [0, 0.05) is 49.2 Å². The summed E-state index contributed by atoms with van der Waals surface area (Å²) in [4.78, 5) is 0. The van der Waals surface area contributed by atoms with Gasteiger partial charge in [0.1, 0.15) is 11.5 Å². The molecule has 0 fully saturated rings. The first-order valence-electron chi connectivity index (χ1n) is 18.8. The Morgan fingerprint density at radius 3 is 0.743 bits per heavy atom. The summed E-state index contributed by atoms with van der Waals surface area (Å²) in [6, 6.07) is 0. The molecule has 26 N–H and O–H groups in total. The van der Waals surface area contributed by atoms with Crippen LogP contribution in [0.5, 0.6) is 149 Å². The number of hydrogen-bond donors (Lipinski definition) is 26. The van der Waals surface area contributed by atoms with Crippen molar-refractivity contribution in [2.24, 2.45) is 0 Å². The van der Waals surface area contributed by atoms with E-state index in [0.29, 0.717) is 0 Å². The average Bonchev–Trinajstić information content (AvgIpc) is 3.32. The van der Waals surface area contributed by atoms with Gasteiger partial charge in [0.25, 0.3) is 0 Å². The minimum atomic E-state index is -1.93. The number of rotatable bonds is 4. The molecule has 0 aromatic heterocycles. The van der Waals surface area contributed by atoms with Crippen molar-refractivity contribution >= 4 is 43.9 Å². The highest BCUT2D eigenvalue weighted by Gasteiger charge is 2.41. The lowest BCUT2D eigenvalue weighted by molar-refractivity contribution is 0.330. The van der Waals surface area contributed by atoms with Gasteiger partial charge in [-0.15, -0.1) is 0 Å². The van der Waals surface area contributed by atoms with Crippen LogP contribution < -0.4 is 0 Å². The summed E-state index contributed by atoms with van der Waals surface area (Å²) in [6.07, 6.45) is 0. The van der Waals surface area contributed by atoms with Gasteiger partial charge in [-0.2, -0.15) is 0 Å². The van der Waals surface area contributed by atoms with Gasteiger partial charge in [0.05, 0.1) is 38.2 Å². The molecule has 0 spiro atoms. The lowest BCUT2D eigenvalue weighted by Gasteiger charge is -2.26. The summed E-state index contributed by atoms with van der Waals surface area (Å²) in [5.41, 5.74) is -12.3. The second-order valence-corrected chi connectivity index (χ2v) is 15.6. The van der Waals surface area contributed by atoms with Gasteiger partial charge in [0.2, 0.25) is 46.0 Å². The largest absolute Gasteiger partial charge is 0.506 e. The van der Waals surface area contributed by atoms with E-state index in [4.69, 9.17) is 11.6 Å². The Morgan fingerprint density at radius 2 is 0.357 bits per heavy atom. The number of phenols is 26. The molecular weight excluding hydrogens is 968 g/mol. The summed E-state index contributed by atoms with van der Waals surface area (Å²) in [6.45, 7) is 1.05. The van der Waals surface area contributed by atoms with Crippen molar-refractivity contribution in [3.63, 3.8) is 0 Å². The lowest BCUT2D eigenvalue weighted by Crippen LogP contribution is -1.98. The van der Waals surface area contributed by atoms with Gasteiger partial charge in [-0.1, -0.05) is 11.6 Å². The summed E-state index contributed by atoms with van der Waals surface area (Å²) >= 11 is 6.16. The third kappa shape index (κ3) is 5.36. The third-order valence-electron chi connectivity index (χ3n) is 11.7. The Labute approximate surface area is 387 Å². The van der Waals surface area contributed by atoms with Crippen molar-refractivity contribution in [3.8, 4) is 194 Å². The van der Waals surface area contributed by atoms with Gasteiger partial charge in [-0.05, 0) is 6.92 Å². The van der Waals surface area contributed by atoms with Gasteiger partial charge in [-0.25, -0.2) is 0 Å². The lowest BCUT2D eigenvalue weighted by atomic mass is 9.80. The molecular formula is C43H29ClO26. The molecule has 26 nitrogen and oxygen atoms in total. The summed E-state index contributed by atoms with van der Waals surface area (Å²) in [5.74, 6) is -44.1. The van der Waals surface area contributed by atoms with Crippen LogP contribution >= 0.6 is 11.6 Å². The number of hydrogen-bond acceptors (Lipinski definition) is 26. The Balaban J connectivity index is 1.73. The maximum Gasteiger partial charge on any atom is 0.208 e. The molecule has 27 heteroatoms. The molecule has 0 saturated heterocycles. The molecule has 0 bridgehead atoms. The first-order valence-corrected chi connectivity index (χ1v) is 19.1. The molecule has 8 aromatic rings. The SMILES string of the molecule is Cc1c(O)c(O)c(-c2c(O)c(O)c3c(-c4c(O)c(O)c(-c5c(O)c(O)c(O)c6c(O)c(O)c(O)c(O)c56)c(O)c4O)c4c(O)c(O)c(O)c(O)c4c(-c4c(O)c(O)c(O)c(O)c4O)c3c2O)c(O)c1Cl. The Kier molecular flexibility index (Phi) is 9.61. The fraction of sp³-hybridized carbons (Fsp3) is 0.0233. The minimum Gasteiger partial charge on any atom is -0.506 e. The van der Waals surface area contributed by atoms with Crippen molar-refractivity contribution < 1.29 is 133 Å². The molecule has 8 aromatic carbocycles. The summed E-state index contributed by atoms with van der Waals surface area (Å²) in [5, 5.41) is 281. The normalized spacial score (nSPS) is 11.6. The molecule has 0 radical (unpaired) electrons.